The van der Waals surface area contributed by atoms with E-state index in [1.165, 1.54) is 0 Å². The fourth-order valence-corrected chi connectivity index (χ4v) is 2.49. The van der Waals surface area contributed by atoms with Crippen molar-refractivity contribution in [3.05, 3.63) is 34.9 Å². The summed E-state index contributed by atoms with van der Waals surface area (Å²) in [4.78, 5) is 12.3. The largest absolute Gasteiger partial charge is 0.381 e. The minimum Gasteiger partial charge on any atom is -0.381 e. The minimum atomic E-state index is -0.487. The van der Waals surface area contributed by atoms with Crippen LogP contribution in [0.3, 0.4) is 0 Å². The Kier molecular flexibility index (Phi) is 6.76. The van der Waals surface area contributed by atoms with Gasteiger partial charge in [0, 0.05) is 31.3 Å². The minimum absolute atomic E-state index is 0. The smallest absolute Gasteiger partial charge is 0.227 e. The molecule has 0 aromatic heterocycles. The van der Waals surface area contributed by atoms with Crippen LogP contribution >= 0.6 is 24.0 Å². The van der Waals surface area contributed by atoms with Crippen LogP contribution in [-0.2, 0) is 16.1 Å². The maximum Gasteiger partial charge on any atom is 0.227 e. The summed E-state index contributed by atoms with van der Waals surface area (Å²) < 4.78 is 5.30. The Hall–Kier alpha value is -0.810. The zero-order valence-electron chi connectivity index (χ0n) is 11.2. The highest BCUT2D eigenvalue weighted by Gasteiger charge is 2.38. The topological polar surface area (TPSA) is 64.4 Å². The third kappa shape index (κ3) is 3.85. The van der Waals surface area contributed by atoms with Crippen LogP contribution in [0.2, 0.25) is 5.02 Å². The van der Waals surface area contributed by atoms with E-state index in [1.807, 2.05) is 24.3 Å². The Labute approximate surface area is 130 Å². The molecule has 1 heterocycles. The van der Waals surface area contributed by atoms with Crippen LogP contribution in [0, 0.1) is 5.41 Å². The van der Waals surface area contributed by atoms with Crippen LogP contribution in [0.5, 0.6) is 0 Å². The number of carbonyl (C=O) groups excluding carboxylic acids is 1. The SMILES string of the molecule is Cl.NCC1(C(=O)NCc2ccccc2Cl)CCOCC1. The molecule has 1 aromatic carbocycles. The molecule has 20 heavy (non-hydrogen) atoms. The van der Waals surface area contributed by atoms with Crippen molar-refractivity contribution in [2.45, 2.75) is 19.4 Å². The molecule has 1 amide bonds. The van der Waals surface area contributed by atoms with Crippen molar-refractivity contribution in [2.75, 3.05) is 19.8 Å². The molecule has 0 spiro atoms. The summed E-state index contributed by atoms with van der Waals surface area (Å²) in [6.45, 7) is 1.97. The van der Waals surface area contributed by atoms with Gasteiger partial charge in [-0.25, -0.2) is 0 Å². The Morgan fingerprint density at radius 1 is 1.35 bits per heavy atom. The van der Waals surface area contributed by atoms with Crippen molar-refractivity contribution in [2.24, 2.45) is 11.1 Å². The van der Waals surface area contributed by atoms with Crippen molar-refractivity contribution in [3.63, 3.8) is 0 Å². The Morgan fingerprint density at radius 3 is 2.60 bits per heavy atom. The molecule has 1 fully saturated rings. The van der Waals surface area contributed by atoms with Gasteiger partial charge in [0.1, 0.15) is 0 Å². The van der Waals surface area contributed by atoms with Gasteiger partial charge in [0.25, 0.3) is 0 Å². The van der Waals surface area contributed by atoms with Crippen LogP contribution in [0.15, 0.2) is 24.3 Å². The number of hydrogen-bond acceptors (Lipinski definition) is 3. The number of rotatable bonds is 4. The van der Waals surface area contributed by atoms with E-state index in [-0.39, 0.29) is 18.3 Å². The van der Waals surface area contributed by atoms with Gasteiger partial charge >= 0.3 is 0 Å². The van der Waals surface area contributed by atoms with Crippen molar-refractivity contribution in [3.8, 4) is 0 Å². The molecule has 0 unspecified atom stereocenters. The lowest BCUT2D eigenvalue weighted by Crippen LogP contribution is -2.49. The van der Waals surface area contributed by atoms with Crippen LogP contribution < -0.4 is 11.1 Å². The monoisotopic (exact) mass is 318 g/mol. The van der Waals surface area contributed by atoms with E-state index in [0.717, 1.165) is 5.56 Å². The molecule has 0 bridgehead atoms. The summed E-state index contributed by atoms with van der Waals surface area (Å²) in [5.74, 6) is -0.00165. The molecule has 0 radical (unpaired) electrons. The van der Waals surface area contributed by atoms with E-state index < -0.39 is 5.41 Å². The molecule has 1 aliphatic rings. The van der Waals surface area contributed by atoms with E-state index in [2.05, 4.69) is 5.32 Å². The molecule has 0 atom stereocenters. The van der Waals surface area contributed by atoms with Crippen LogP contribution in [0.25, 0.3) is 0 Å². The van der Waals surface area contributed by atoms with Crippen molar-refractivity contribution in [1.29, 1.82) is 0 Å². The number of nitrogens with one attached hydrogen (secondary N) is 1. The second-order valence-electron chi connectivity index (χ2n) is 4.87. The van der Waals surface area contributed by atoms with E-state index in [1.54, 1.807) is 0 Å². The second-order valence-corrected chi connectivity index (χ2v) is 5.28. The summed E-state index contributed by atoms with van der Waals surface area (Å²) in [5.41, 5.74) is 6.22. The predicted octanol–water partition coefficient (Wildman–Crippen LogP) is 2.13. The number of halogens is 2. The first kappa shape index (κ1) is 17.2. The van der Waals surface area contributed by atoms with Crippen LogP contribution in [-0.4, -0.2) is 25.7 Å². The van der Waals surface area contributed by atoms with E-state index >= 15 is 0 Å². The number of benzene rings is 1. The molecular weight excluding hydrogens is 299 g/mol. The highest BCUT2D eigenvalue weighted by Crippen LogP contribution is 2.29. The van der Waals surface area contributed by atoms with Gasteiger partial charge in [0.2, 0.25) is 5.91 Å². The highest BCUT2D eigenvalue weighted by atomic mass is 35.5. The molecule has 0 aliphatic carbocycles. The lowest BCUT2D eigenvalue weighted by molar-refractivity contribution is -0.136. The Bertz CT molecular complexity index is 449. The lowest BCUT2D eigenvalue weighted by Gasteiger charge is -2.34. The molecule has 1 aromatic rings. The summed E-state index contributed by atoms with van der Waals surface area (Å²) in [6, 6.07) is 7.49. The summed E-state index contributed by atoms with van der Waals surface area (Å²) in [6.07, 6.45) is 1.36. The van der Waals surface area contributed by atoms with Gasteiger partial charge < -0.3 is 15.8 Å². The molecule has 4 nitrogen and oxygen atoms in total. The van der Waals surface area contributed by atoms with Gasteiger partial charge in [0.15, 0.2) is 0 Å². The molecule has 6 heteroatoms. The van der Waals surface area contributed by atoms with E-state index in [9.17, 15) is 4.79 Å². The van der Waals surface area contributed by atoms with E-state index in [0.29, 0.717) is 44.2 Å². The first-order chi connectivity index (χ1) is 9.18. The quantitative estimate of drug-likeness (QED) is 0.894. The third-order valence-electron chi connectivity index (χ3n) is 3.72. The fraction of sp³-hybridized carbons (Fsp3) is 0.500. The van der Waals surface area contributed by atoms with Gasteiger partial charge in [-0.3, -0.25) is 4.79 Å². The molecule has 1 saturated heterocycles. The van der Waals surface area contributed by atoms with Gasteiger partial charge in [-0.1, -0.05) is 29.8 Å². The first-order valence-corrected chi connectivity index (χ1v) is 6.85. The highest BCUT2D eigenvalue weighted by molar-refractivity contribution is 6.31. The second kappa shape index (κ2) is 7.84. The predicted molar refractivity (Wildman–Crippen MR) is 82.1 cm³/mol. The average molecular weight is 319 g/mol. The number of carbonyl (C=O) groups is 1. The van der Waals surface area contributed by atoms with E-state index in [4.69, 9.17) is 22.1 Å². The van der Waals surface area contributed by atoms with Crippen molar-refractivity contribution >= 4 is 29.9 Å². The third-order valence-corrected chi connectivity index (χ3v) is 4.09. The molecular formula is C14H20Cl2N2O2. The van der Waals surface area contributed by atoms with Crippen molar-refractivity contribution < 1.29 is 9.53 Å². The number of nitrogens with two attached hydrogens (primary N) is 1. The van der Waals surface area contributed by atoms with Crippen LogP contribution in [0.4, 0.5) is 0 Å². The number of amides is 1. The molecule has 112 valence electrons. The van der Waals surface area contributed by atoms with Gasteiger partial charge in [0.05, 0.1) is 5.41 Å². The zero-order valence-corrected chi connectivity index (χ0v) is 12.8. The standard InChI is InChI=1S/C14H19ClN2O2.ClH/c15-12-4-2-1-3-11(12)9-17-13(18)14(10-16)5-7-19-8-6-14;/h1-4H,5-10,16H2,(H,17,18);1H. The fourth-order valence-electron chi connectivity index (χ4n) is 2.29. The number of hydrogen-bond donors (Lipinski definition) is 2. The molecule has 0 saturated carbocycles. The zero-order chi connectivity index (χ0) is 13.7. The number of ether oxygens (including phenoxy) is 1. The summed E-state index contributed by atoms with van der Waals surface area (Å²) >= 11 is 6.07. The van der Waals surface area contributed by atoms with Crippen LogP contribution in [0.1, 0.15) is 18.4 Å². The lowest BCUT2D eigenvalue weighted by atomic mass is 9.79. The van der Waals surface area contributed by atoms with Gasteiger partial charge in [-0.2, -0.15) is 0 Å². The molecule has 2 rings (SSSR count). The average Bonchev–Trinajstić information content (AvgIpc) is 2.46. The Morgan fingerprint density at radius 2 is 2.00 bits per heavy atom. The molecule has 3 N–H and O–H groups in total. The maximum absolute atomic E-state index is 12.3. The summed E-state index contributed by atoms with van der Waals surface area (Å²) in [5, 5.41) is 3.61. The normalized spacial score (nSPS) is 17.1. The maximum atomic E-state index is 12.3. The van der Waals surface area contributed by atoms with Gasteiger partial charge in [-0.05, 0) is 24.5 Å². The first-order valence-electron chi connectivity index (χ1n) is 6.47. The Balaban J connectivity index is 0.00000200. The van der Waals surface area contributed by atoms with Crippen molar-refractivity contribution in [1.82, 2.24) is 5.32 Å². The molecule has 1 aliphatic heterocycles. The summed E-state index contributed by atoms with van der Waals surface area (Å²) in [7, 11) is 0. The van der Waals surface area contributed by atoms with Gasteiger partial charge in [-0.15, -0.1) is 12.4 Å².